The number of fused-ring (bicyclic) bond motifs is 1. The van der Waals surface area contributed by atoms with E-state index >= 15 is 0 Å². The van der Waals surface area contributed by atoms with Crippen molar-refractivity contribution in [3.05, 3.63) is 56.5 Å². The van der Waals surface area contributed by atoms with Crippen molar-refractivity contribution in [3.8, 4) is 0 Å². The lowest BCUT2D eigenvalue weighted by Gasteiger charge is -2.23. The van der Waals surface area contributed by atoms with Gasteiger partial charge in [-0.2, -0.15) is 0 Å². The van der Waals surface area contributed by atoms with Crippen LogP contribution in [0.25, 0.3) is 10.9 Å². The third-order valence-corrected chi connectivity index (χ3v) is 5.19. The van der Waals surface area contributed by atoms with Gasteiger partial charge in [-0.15, -0.1) is 11.3 Å². The first kappa shape index (κ1) is 16.3. The summed E-state index contributed by atoms with van der Waals surface area (Å²) in [6.45, 7) is 3.88. The molecule has 6 nitrogen and oxygen atoms in total. The summed E-state index contributed by atoms with van der Waals surface area (Å²) in [5, 5.41) is 3.37. The van der Waals surface area contributed by atoms with Gasteiger partial charge in [-0.25, -0.2) is 9.97 Å². The molecule has 0 aliphatic carbocycles. The molecular weight excluding hydrogens is 324 g/mol. The highest BCUT2D eigenvalue weighted by Gasteiger charge is 2.21. The van der Waals surface area contributed by atoms with Crippen LogP contribution in [0.1, 0.15) is 34.0 Å². The fraction of sp³-hybridized carbons (Fsp3) is 0.294. The van der Waals surface area contributed by atoms with Crippen LogP contribution in [-0.4, -0.2) is 32.4 Å². The van der Waals surface area contributed by atoms with Gasteiger partial charge in [0, 0.05) is 30.7 Å². The predicted octanol–water partition coefficient (Wildman–Crippen LogP) is 2.53. The maximum Gasteiger partial charge on any atom is 0.260 e. The molecule has 7 heteroatoms. The average molecular weight is 342 g/mol. The number of hydrogen-bond acceptors (Lipinski definition) is 5. The molecule has 0 spiro atoms. The minimum atomic E-state index is -0.126. The molecule has 0 saturated heterocycles. The molecule has 24 heavy (non-hydrogen) atoms. The molecule has 2 aromatic heterocycles. The second kappa shape index (κ2) is 6.16. The van der Waals surface area contributed by atoms with Crippen molar-refractivity contribution in [2.45, 2.75) is 19.9 Å². The number of aryl methyl sites for hydroxylation is 2. The topological polar surface area (TPSA) is 68.1 Å². The van der Waals surface area contributed by atoms with Crippen LogP contribution in [0.2, 0.25) is 0 Å². The molecule has 3 aromatic rings. The molecule has 0 aliphatic rings. The maximum absolute atomic E-state index is 12.8. The predicted molar refractivity (Wildman–Crippen MR) is 94.3 cm³/mol. The van der Waals surface area contributed by atoms with E-state index in [0.29, 0.717) is 16.5 Å². The first-order chi connectivity index (χ1) is 11.4. The van der Waals surface area contributed by atoms with Gasteiger partial charge in [0.1, 0.15) is 5.01 Å². The average Bonchev–Trinajstić information content (AvgIpc) is 3.02. The minimum Gasteiger partial charge on any atom is -0.333 e. The summed E-state index contributed by atoms with van der Waals surface area (Å²) in [4.78, 5) is 35.1. The molecule has 1 aromatic carbocycles. The van der Waals surface area contributed by atoms with Crippen LogP contribution in [0.5, 0.6) is 0 Å². The fourth-order valence-corrected chi connectivity index (χ4v) is 3.35. The number of hydrogen-bond donors (Lipinski definition) is 0. The zero-order valence-electron chi connectivity index (χ0n) is 14.0. The normalized spacial score (nSPS) is 12.3. The van der Waals surface area contributed by atoms with Crippen LogP contribution < -0.4 is 5.56 Å². The Kier molecular flexibility index (Phi) is 4.19. The molecular formula is C17H18N4O2S. The summed E-state index contributed by atoms with van der Waals surface area (Å²) in [6.07, 6.45) is 1.46. The molecule has 0 aliphatic heterocycles. The number of aromatic nitrogens is 3. The van der Waals surface area contributed by atoms with Gasteiger partial charge in [-0.05, 0) is 32.0 Å². The first-order valence-electron chi connectivity index (χ1n) is 7.53. The molecule has 0 saturated carbocycles. The quantitative estimate of drug-likeness (QED) is 0.733. The van der Waals surface area contributed by atoms with E-state index in [0.717, 1.165) is 10.7 Å². The highest BCUT2D eigenvalue weighted by atomic mass is 32.1. The highest BCUT2D eigenvalue weighted by molar-refractivity contribution is 7.09. The Morgan fingerprint density at radius 1 is 1.38 bits per heavy atom. The Bertz CT molecular complexity index is 976. The maximum atomic E-state index is 12.8. The van der Waals surface area contributed by atoms with Crippen molar-refractivity contribution in [3.63, 3.8) is 0 Å². The Morgan fingerprint density at radius 2 is 2.12 bits per heavy atom. The molecule has 0 N–H and O–H groups in total. The summed E-state index contributed by atoms with van der Waals surface area (Å²) in [5.41, 5.74) is 1.86. The van der Waals surface area contributed by atoms with E-state index in [4.69, 9.17) is 0 Å². The minimum absolute atomic E-state index is 0.122. The SMILES string of the molecule is Cc1csc([C@@H](C)N(C)C(=O)c2ccc3c(=O)n(C)cnc3c2)n1. The van der Waals surface area contributed by atoms with Crippen molar-refractivity contribution >= 4 is 28.1 Å². The molecule has 0 fully saturated rings. The van der Waals surface area contributed by atoms with E-state index in [-0.39, 0.29) is 17.5 Å². The Balaban J connectivity index is 1.93. The van der Waals surface area contributed by atoms with Crippen LogP contribution in [0.3, 0.4) is 0 Å². The Hall–Kier alpha value is -2.54. The standard InChI is InChI=1S/C17H18N4O2S/c1-10-8-24-15(19-10)11(2)21(4)16(22)12-5-6-13-14(7-12)18-9-20(3)17(13)23/h5-9,11H,1-4H3/t11-/m1/s1. The lowest BCUT2D eigenvalue weighted by molar-refractivity contribution is 0.0742. The van der Waals surface area contributed by atoms with Crippen LogP contribution in [0.4, 0.5) is 0 Å². The summed E-state index contributed by atoms with van der Waals surface area (Å²) >= 11 is 1.54. The lowest BCUT2D eigenvalue weighted by Crippen LogP contribution is -2.29. The largest absolute Gasteiger partial charge is 0.333 e. The van der Waals surface area contributed by atoms with Gasteiger partial charge in [0.05, 0.1) is 23.3 Å². The lowest BCUT2D eigenvalue weighted by atomic mass is 10.1. The van der Waals surface area contributed by atoms with Crippen molar-refractivity contribution in [2.24, 2.45) is 7.05 Å². The molecule has 1 atom stereocenters. The van der Waals surface area contributed by atoms with Crippen LogP contribution in [0.15, 0.2) is 34.7 Å². The van der Waals surface area contributed by atoms with Crippen LogP contribution in [-0.2, 0) is 7.05 Å². The summed E-state index contributed by atoms with van der Waals surface area (Å²) in [6, 6.07) is 4.87. The van der Waals surface area contributed by atoms with Crippen molar-refractivity contribution < 1.29 is 4.79 Å². The number of carbonyl (C=O) groups is 1. The Morgan fingerprint density at radius 3 is 2.79 bits per heavy atom. The highest BCUT2D eigenvalue weighted by Crippen LogP contribution is 2.24. The monoisotopic (exact) mass is 342 g/mol. The van der Waals surface area contributed by atoms with Gasteiger partial charge in [0.2, 0.25) is 0 Å². The van der Waals surface area contributed by atoms with E-state index in [1.165, 1.54) is 10.9 Å². The van der Waals surface area contributed by atoms with E-state index in [2.05, 4.69) is 9.97 Å². The van der Waals surface area contributed by atoms with Crippen molar-refractivity contribution in [1.82, 2.24) is 19.4 Å². The summed E-state index contributed by atoms with van der Waals surface area (Å²) < 4.78 is 1.42. The molecule has 0 radical (unpaired) electrons. The molecule has 0 bridgehead atoms. The Labute approximate surface area is 143 Å². The van der Waals surface area contributed by atoms with E-state index in [1.54, 1.807) is 48.5 Å². The zero-order chi connectivity index (χ0) is 17.4. The van der Waals surface area contributed by atoms with Gasteiger partial charge in [0.25, 0.3) is 11.5 Å². The molecule has 0 unspecified atom stereocenters. The van der Waals surface area contributed by atoms with Gasteiger partial charge >= 0.3 is 0 Å². The van der Waals surface area contributed by atoms with E-state index in [1.807, 2.05) is 19.2 Å². The second-order valence-electron chi connectivity index (χ2n) is 5.81. The first-order valence-corrected chi connectivity index (χ1v) is 8.41. The van der Waals surface area contributed by atoms with Gasteiger partial charge in [-0.1, -0.05) is 0 Å². The van der Waals surface area contributed by atoms with Crippen LogP contribution >= 0.6 is 11.3 Å². The van der Waals surface area contributed by atoms with Gasteiger partial charge in [-0.3, -0.25) is 9.59 Å². The molecule has 124 valence electrons. The van der Waals surface area contributed by atoms with Gasteiger partial charge < -0.3 is 9.47 Å². The smallest absolute Gasteiger partial charge is 0.260 e. The molecule has 1 amide bonds. The summed E-state index contributed by atoms with van der Waals surface area (Å²) in [7, 11) is 3.41. The fourth-order valence-electron chi connectivity index (χ4n) is 2.45. The second-order valence-corrected chi connectivity index (χ2v) is 6.70. The zero-order valence-corrected chi connectivity index (χ0v) is 14.8. The third kappa shape index (κ3) is 2.82. The van der Waals surface area contributed by atoms with E-state index < -0.39 is 0 Å². The number of thiazole rings is 1. The molecule has 2 heterocycles. The third-order valence-electron chi connectivity index (χ3n) is 4.06. The number of nitrogens with zero attached hydrogens (tertiary/aromatic N) is 4. The number of benzene rings is 1. The number of carbonyl (C=O) groups excluding carboxylic acids is 1. The van der Waals surface area contributed by atoms with Crippen molar-refractivity contribution in [2.75, 3.05) is 7.05 Å². The van der Waals surface area contributed by atoms with E-state index in [9.17, 15) is 9.59 Å². The van der Waals surface area contributed by atoms with Crippen molar-refractivity contribution in [1.29, 1.82) is 0 Å². The number of rotatable bonds is 3. The molecule has 3 rings (SSSR count). The van der Waals surface area contributed by atoms with Crippen LogP contribution in [0, 0.1) is 6.92 Å². The van der Waals surface area contributed by atoms with Gasteiger partial charge in [0.15, 0.2) is 0 Å². The summed E-state index contributed by atoms with van der Waals surface area (Å²) in [5.74, 6) is -0.125. The number of amides is 1.